The van der Waals surface area contributed by atoms with Gasteiger partial charge in [0.05, 0.1) is 28.2 Å². The van der Waals surface area contributed by atoms with E-state index >= 15 is 0 Å². The van der Waals surface area contributed by atoms with Gasteiger partial charge in [-0.05, 0) is 36.4 Å². The summed E-state index contributed by atoms with van der Waals surface area (Å²) in [7, 11) is 0. The highest BCUT2D eigenvalue weighted by molar-refractivity contribution is 6.12. The molecule has 0 unspecified atom stereocenters. The maximum absolute atomic E-state index is 14.5. The zero-order valence-corrected chi connectivity index (χ0v) is 15.0. The van der Waals surface area contributed by atoms with Crippen LogP contribution in [0.4, 0.5) is 39.0 Å². The minimum Gasteiger partial charge on any atom is -0.327 e. The molecular formula is C20H12F5N3O2. The summed E-state index contributed by atoms with van der Waals surface area (Å²) in [6.45, 7) is -0.359. The first-order chi connectivity index (χ1) is 14.1. The lowest BCUT2D eigenvalue weighted by Gasteiger charge is -2.38. The average molecular weight is 421 g/mol. The van der Waals surface area contributed by atoms with Crippen molar-refractivity contribution >= 4 is 23.0 Å². The number of aromatic amines is 1. The van der Waals surface area contributed by atoms with Crippen LogP contribution in [0.25, 0.3) is 0 Å². The van der Waals surface area contributed by atoms with E-state index in [0.717, 1.165) is 40.1 Å². The Morgan fingerprint density at radius 1 is 0.867 bits per heavy atom. The number of H-pyrrole nitrogens is 1. The van der Waals surface area contributed by atoms with E-state index in [2.05, 4.69) is 4.98 Å². The van der Waals surface area contributed by atoms with E-state index in [1.54, 1.807) is 0 Å². The molecule has 5 nitrogen and oxygen atoms in total. The number of carbonyl (C=O) groups excluding carboxylic acids is 1. The number of fused-ring (bicyclic) bond motifs is 1. The number of amides is 1. The Labute approximate surface area is 166 Å². The summed E-state index contributed by atoms with van der Waals surface area (Å²) in [6, 6.07) is 7.68. The summed E-state index contributed by atoms with van der Waals surface area (Å²) < 4.78 is 67.5. The first-order valence-corrected chi connectivity index (χ1v) is 8.59. The lowest BCUT2D eigenvalue weighted by molar-refractivity contribution is -0.137. The second-order valence-corrected chi connectivity index (χ2v) is 6.54. The molecule has 10 heteroatoms. The van der Waals surface area contributed by atoms with E-state index in [4.69, 9.17) is 0 Å². The van der Waals surface area contributed by atoms with Crippen LogP contribution in [-0.4, -0.2) is 17.6 Å². The predicted molar refractivity (Wildman–Crippen MR) is 98.7 cm³/mol. The van der Waals surface area contributed by atoms with Gasteiger partial charge in [-0.25, -0.2) is 8.78 Å². The maximum atomic E-state index is 14.5. The molecular weight excluding hydrogens is 409 g/mol. The zero-order chi connectivity index (χ0) is 21.6. The second kappa shape index (κ2) is 6.97. The normalized spacial score (nSPS) is 14.1. The third-order valence-electron chi connectivity index (χ3n) is 4.65. The Bertz CT molecular complexity index is 1190. The largest absolute Gasteiger partial charge is 0.416 e. The van der Waals surface area contributed by atoms with Crippen molar-refractivity contribution in [2.24, 2.45) is 0 Å². The van der Waals surface area contributed by atoms with Gasteiger partial charge in [-0.2, -0.15) is 13.2 Å². The van der Waals surface area contributed by atoms with Crippen molar-refractivity contribution in [3.05, 3.63) is 87.8 Å². The molecule has 0 saturated heterocycles. The number of anilines is 3. The number of pyridine rings is 1. The standard InChI is InChI=1S/C20H12F5N3O2/c21-12-2-5-16(15(22)8-12)28-10-27(13-3-6-18(29)26-9-13)19(30)14-4-1-11(7-17(14)28)20(23,24)25/h1-9H,10H2,(H,26,29). The van der Waals surface area contributed by atoms with Crippen molar-refractivity contribution in [2.75, 3.05) is 16.5 Å². The van der Waals surface area contributed by atoms with Crippen LogP contribution in [-0.2, 0) is 6.18 Å². The van der Waals surface area contributed by atoms with Gasteiger partial charge in [-0.1, -0.05) is 0 Å². The van der Waals surface area contributed by atoms with Crippen LogP contribution >= 0.6 is 0 Å². The van der Waals surface area contributed by atoms with Gasteiger partial charge in [0, 0.05) is 18.3 Å². The second-order valence-electron chi connectivity index (χ2n) is 6.54. The van der Waals surface area contributed by atoms with Gasteiger partial charge in [-0.3, -0.25) is 14.5 Å². The van der Waals surface area contributed by atoms with Crippen molar-refractivity contribution in [3.63, 3.8) is 0 Å². The van der Waals surface area contributed by atoms with Crippen LogP contribution in [0.3, 0.4) is 0 Å². The Morgan fingerprint density at radius 2 is 1.63 bits per heavy atom. The molecule has 1 N–H and O–H groups in total. The summed E-state index contributed by atoms with van der Waals surface area (Å²) >= 11 is 0. The zero-order valence-electron chi connectivity index (χ0n) is 15.0. The lowest BCUT2D eigenvalue weighted by Crippen LogP contribution is -2.45. The van der Waals surface area contributed by atoms with Crippen LogP contribution in [0.1, 0.15) is 15.9 Å². The van der Waals surface area contributed by atoms with Gasteiger partial charge in [0.15, 0.2) is 0 Å². The molecule has 3 aromatic rings. The number of hydrogen-bond acceptors (Lipinski definition) is 3. The van der Waals surface area contributed by atoms with E-state index in [-0.39, 0.29) is 29.3 Å². The molecule has 1 aliphatic heterocycles. The van der Waals surface area contributed by atoms with Crippen molar-refractivity contribution < 1.29 is 26.7 Å². The monoisotopic (exact) mass is 421 g/mol. The van der Waals surface area contributed by atoms with Crippen molar-refractivity contribution in [2.45, 2.75) is 6.18 Å². The molecule has 4 rings (SSSR count). The molecule has 0 bridgehead atoms. The molecule has 2 aromatic carbocycles. The van der Waals surface area contributed by atoms with Crippen LogP contribution in [0.15, 0.2) is 59.5 Å². The quantitative estimate of drug-likeness (QED) is 0.623. The molecule has 1 aromatic heterocycles. The minimum atomic E-state index is -4.68. The topological polar surface area (TPSA) is 56.4 Å². The van der Waals surface area contributed by atoms with Crippen molar-refractivity contribution in [1.82, 2.24) is 4.98 Å². The van der Waals surface area contributed by atoms with Crippen LogP contribution < -0.4 is 15.4 Å². The number of hydrogen-bond donors (Lipinski definition) is 1. The molecule has 154 valence electrons. The summed E-state index contributed by atoms with van der Waals surface area (Å²) in [4.78, 5) is 29.0. The van der Waals surface area contributed by atoms with Crippen LogP contribution in [0, 0.1) is 11.6 Å². The third-order valence-corrected chi connectivity index (χ3v) is 4.65. The Morgan fingerprint density at radius 3 is 2.27 bits per heavy atom. The van der Waals surface area contributed by atoms with Gasteiger partial charge in [-0.15, -0.1) is 0 Å². The summed E-state index contributed by atoms with van der Waals surface area (Å²) in [5.74, 6) is -2.50. The van der Waals surface area contributed by atoms with E-state index in [9.17, 15) is 31.5 Å². The van der Waals surface area contributed by atoms with Crippen molar-refractivity contribution in [1.29, 1.82) is 0 Å². The number of alkyl halides is 3. The molecule has 2 heterocycles. The number of nitrogens with zero attached hydrogens (tertiary/aromatic N) is 2. The van der Waals surface area contributed by atoms with Gasteiger partial charge in [0.1, 0.15) is 18.3 Å². The number of halogens is 5. The minimum absolute atomic E-state index is 0.107. The van der Waals surface area contributed by atoms with E-state index in [1.165, 1.54) is 18.3 Å². The summed E-state index contributed by atoms with van der Waals surface area (Å²) in [5, 5.41) is 0. The average Bonchev–Trinajstić information content (AvgIpc) is 2.69. The first kappa shape index (κ1) is 19.6. The summed E-state index contributed by atoms with van der Waals surface area (Å²) in [6.07, 6.45) is -3.42. The Hall–Kier alpha value is -3.69. The number of rotatable bonds is 2. The van der Waals surface area contributed by atoms with Crippen LogP contribution in [0.5, 0.6) is 0 Å². The number of nitrogens with one attached hydrogen (secondary N) is 1. The fraction of sp³-hybridized carbons (Fsp3) is 0.100. The molecule has 0 spiro atoms. The molecule has 1 aliphatic rings. The fourth-order valence-electron chi connectivity index (χ4n) is 3.21. The number of carbonyl (C=O) groups is 1. The molecule has 0 saturated carbocycles. The van der Waals surface area contributed by atoms with Gasteiger partial charge < -0.3 is 9.88 Å². The van der Waals surface area contributed by atoms with Crippen molar-refractivity contribution in [3.8, 4) is 0 Å². The predicted octanol–water partition coefficient (Wildman–Crippen LogP) is 4.43. The molecule has 0 fully saturated rings. The SMILES string of the molecule is O=C1c2ccc(C(F)(F)F)cc2N(c2ccc(F)cc2F)CN1c1ccc(=O)[nH]c1. The van der Waals surface area contributed by atoms with Gasteiger partial charge >= 0.3 is 6.18 Å². The van der Waals surface area contributed by atoms with E-state index in [1.807, 2.05) is 0 Å². The smallest absolute Gasteiger partial charge is 0.327 e. The fourth-order valence-corrected chi connectivity index (χ4v) is 3.21. The van der Waals surface area contributed by atoms with Gasteiger partial charge in [0.25, 0.3) is 5.91 Å². The van der Waals surface area contributed by atoms with Gasteiger partial charge in [0.2, 0.25) is 5.56 Å². The highest BCUT2D eigenvalue weighted by Gasteiger charge is 2.36. The Kier molecular flexibility index (Phi) is 4.56. The third kappa shape index (κ3) is 3.40. The Balaban J connectivity index is 1.90. The highest BCUT2D eigenvalue weighted by Crippen LogP contribution is 2.40. The highest BCUT2D eigenvalue weighted by atomic mass is 19.4. The van der Waals surface area contributed by atoms with E-state index < -0.39 is 34.8 Å². The molecule has 0 radical (unpaired) electrons. The molecule has 0 aliphatic carbocycles. The number of benzene rings is 2. The number of aromatic nitrogens is 1. The van der Waals surface area contributed by atoms with E-state index in [0.29, 0.717) is 6.07 Å². The first-order valence-electron chi connectivity index (χ1n) is 8.59. The molecule has 1 amide bonds. The van der Waals surface area contributed by atoms with Crippen LogP contribution in [0.2, 0.25) is 0 Å². The maximum Gasteiger partial charge on any atom is 0.416 e. The lowest BCUT2D eigenvalue weighted by atomic mass is 10.0. The summed E-state index contributed by atoms with van der Waals surface area (Å²) in [5.41, 5.74) is -1.67. The molecule has 0 atom stereocenters. The molecule has 30 heavy (non-hydrogen) atoms.